The van der Waals surface area contributed by atoms with Crippen LogP contribution in [-0.2, 0) is 16.6 Å². The number of nitrogens with one attached hydrogen (secondary N) is 3. The summed E-state index contributed by atoms with van der Waals surface area (Å²) in [6.07, 6.45) is 0. The van der Waals surface area contributed by atoms with E-state index in [-0.39, 0.29) is 34.8 Å². The second-order valence-electron chi connectivity index (χ2n) is 7.58. The Morgan fingerprint density at radius 1 is 1.03 bits per heavy atom. The van der Waals surface area contributed by atoms with Crippen LogP contribution >= 0.6 is 0 Å². The van der Waals surface area contributed by atoms with E-state index in [0.29, 0.717) is 18.8 Å². The van der Waals surface area contributed by atoms with Crippen molar-refractivity contribution in [3.05, 3.63) is 53.6 Å². The maximum atomic E-state index is 12.8. The highest BCUT2D eigenvalue weighted by Gasteiger charge is 2.24. The first-order valence-corrected chi connectivity index (χ1v) is 12.2. The fourth-order valence-electron chi connectivity index (χ4n) is 3.15. The number of urea groups is 1. The third-order valence-electron chi connectivity index (χ3n) is 4.84. The number of rotatable bonds is 10. The Hall–Kier alpha value is -3.11. The molecule has 3 amide bonds. The number of carbonyl (C=O) groups is 2. The summed E-state index contributed by atoms with van der Waals surface area (Å²) in [6.45, 7) is 8.13. The van der Waals surface area contributed by atoms with Crippen LogP contribution in [0.2, 0.25) is 0 Å². The van der Waals surface area contributed by atoms with Gasteiger partial charge in [-0.25, -0.2) is 13.2 Å². The zero-order valence-corrected chi connectivity index (χ0v) is 20.5. The first-order valence-electron chi connectivity index (χ1n) is 10.7. The van der Waals surface area contributed by atoms with Gasteiger partial charge in [-0.15, -0.1) is 0 Å². The minimum Gasteiger partial charge on any atom is -0.496 e. The van der Waals surface area contributed by atoms with E-state index < -0.39 is 15.9 Å². The minimum atomic E-state index is -3.71. The molecule has 2 rings (SSSR count). The highest BCUT2D eigenvalue weighted by molar-refractivity contribution is 7.89. The maximum absolute atomic E-state index is 12.8. The van der Waals surface area contributed by atoms with Crippen LogP contribution in [0.1, 0.15) is 43.6 Å². The van der Waals surface area contributed by atoms with Crippen molar-refractivity contribution in [3.8, 4) is 5.75 Å². The number of benzene rings is 2. The Labute approximate surface area is 195 Å². The van der Waals surface area contributed by atoms with Crippen molar-refractivity contribution in [1.82, 2.24) is 14.9 Å². The molecule has 0 spiro atoms. The molecule has 0 saturated carbocycles. The van der Waals surface area contributed by atoms with Gasteiger partial charge in [0.25, 0.3) is 5.91 Å². The molecule has 0 aliphatic rings. The number of methoxy groups -OCH3 is 1. The van der Waals surface area contributed by atoms with E-state index in [1.807, 2.05) is 13.8 Å². The molecule has 0 radical (unpaired) electrons. The number of sulfonamides is 1. The Kier molecular flexibility index (Phi) is 9.24. The fourth-order valence-corrected chi connectivity index (χ4v) is 4.64. The topological polar surface area (TPSA) is 117 Å². The Morgan fingerprint density at radius 3 is 2.21 bits per heavy atom. The fraction of sp³-hybridized carbons (Fsp3) is 0.391. The zero-order valence-electron chi connectivity index (χ0n) is 19.6. The largest absolute Gasteiger partial charge is 0.496 e. The molecular formula is C23H32N4O5S. The predicted molar refractivity (Wildman–Crippen MR) is 128 cm³/mol. The van der Waals surface area contributed by atoms with Crippen molar-refractivity contribution in [2.45, 2.75) is 45.2 Å². The van der Waals surface area contributed by atoms with Crippen molar-refractivity contribution >= 4 is 27.6 Å². The van der Waals surface area contributed by atoms with Crippen molar-refractivity contribution in [2.24, 2.45) is 0 Å². The number of hydrogen-bond donors (Lipinski definition) is 3. The van der Waals surface area contributed by atoms with Gasteiger partial charge < -0.3 is 20.7 Å². The molecule has 2 aromatic carbocycles. The SMILES string of the molecule is CCN(CC)S(=O)(=O)c1ccc(OC)c(C(=O)NCc2ccc(NC(=O)NC(C)C)cc2)c1. The Balaban J connectivity index is 2.13. The lowest BCUT2D eigenvalue weighted by molar-refractivity contribution is 0.0947. The summed E-state index contributed by atoms with van der Waals surface area (Å²) in [7, 11) is -2.29. The van der Waals surface area contributed by atoms with E-state index in [1.165, 1.54) is 29.6 Å². The van der Waals surface area contributed by atoms with E-state index in [2.05, 4.69) is 16.0 Å². The Bertz CT molecular complexity index is 1060. The average molecular weight is 477 g/mol. The van der Waals surface area contributed by atoms with E-state index in [1.54, 1.807) is 38.1 Å². The van der Waals surface area contributed by atoms with Crippen LogP contribution < -0.4 is 20.7 Å². The number of amides is 3. The summed E-state index contributed by atoms with van der Waals surface area (Å²) in [4.78, 5) is 24.7. The number of hydrogen-bond acceptors (Lipinski definition) is 5. The quantitative estimate of drug-likeness (QED) is 0.487. The lowest BCUT2D eigenvalue weighted by Gasteiger charge is -2.19. The summed E-state index contributed by atoms with van der Waals surface area (Å²) in [6, 6.07) is 11.0. The van der Waals surface area contributed by atoms with Gasteiger partial charge in [0.1, 0.15) is 5.75 Å². The standard InChI is InChI=1S/C23H32N4O5S/c1-6-27(7-2)33(30,31)19-12-13-21(32-5)20(14-19)22(28)24-15-17-8-10-18(11-9-17)26-23(29)25-16(3)4/h8-14,16H,6-7,15H2,1-5H3,(H,24,28)(H2,25,26,29). The normalized spacial score (nSPS) is 11.4. The lowest BCUT2D eigenvalue weighted by Crippen LogP contribution is -2.34. The molecule has 0 aliphatic carbocycles. The molecule has 0 fully saturated rings. The second kappa shape index (κ2) is 11.7. The molecule has 0 unspecified atom stereocenters. The van der Waals surface area contributed by atoms with E-state index in [4.69, 9.17) is 4.74 Å². The zero-order chi connectivity index (χ0) is 24.6. The molecule has 180 valence electrons. The first kappa shape index (κ1) is 26.1. The van der Waals surface area contributed by atoms with Gasteiger partial charge in [0.2, 0.25) is 10.0 Å². The number of anilines is 1. The molecule has 0 atom stereocenters. The molecular weight excluding hydrogens is 444 g/mol. The van der Waals surface area contributed by atoms with Crippen LogP contribution in [0, 0.1) is 0 Å². The molecule has 0 saturated heterocycles. The van der Waals surface area contributed by atoms with E-state index in [9.17, 15) is 18.0 Å². The molecule has 0 aromatic heterocycles. The van der Waals surface area contributed by atoms with Gasteiger partial charge in [0.05, 0.1) is 17.6 Å². The number of nitrogens with zero attached hydrogens (tertiary/aromatic N) is 1. The van der Waals surface area contributed by atoms with Gasteiger partial charge >= 0.3 is 6.03 Å². The minimum absolute atomic E-state index is 0.0250. The van der Waals surface area contributed by atoms with Crippen LogP contribution in [0.25, 0.3) is 0 Å². The van der Waals surface area contributed by atoms with Gasteiger partial charge in [-0.1, -0.05) is 26.0 Å². The van der Waals surface area contributed by atoms with Crippen molar-refractivity contribution in [2.75, 3.05) is 25.5 Å². The van der Waals surface area contributed by atoms with Crippen LogP contribution in [0.15, 0.2) is 47.4 Å². The Morgan fingerprint density at radius 2 is 1.67 bits per heavy atom. The van der Waals surface area contributed by atoms with Gasteiger partial charge in [0, 0.05) is 31.4 Å². The van der Waals surface area contributed by atoms with Gasteiger partial charge in [-0.2, -0.15) is 4.31 Å². The molecule has 33 heavy (non-hydrogen) atoms. The van der Waals surface area contributed by atoms with Crippen LogP contribution in [0.5, 0.6) is 5.75 Å². The lowest BCUT2D eigenvalue weighted by atomic mass is 10.1. The van der Waals surface area contributed by atoms with Crippen molar-refractivity contribution in [3.63, 3.8) is 0 Å². The van der Waals surface area contributed by atoms with Gasteiger partial charge in [0.15, 0.2) is 0 Å². The summed E-state index contributed by atoms with van der Waals surface area (Å²) in [5.41, 5.74) is 1.57. The summed E-state index contributed by atoms with van der Waals surface area (Å²) < 4.78 is 32.3. The molecule has 0 heterocycles. The highest BCUT2D eigenvalue weighted by Crippen LogP contribution is 2.25. The summed E-state index contributed by atoms with van der Waals surface area (Å²) >= 11 is 0. The molecule has 0 aliphatic heterocycles. The third-order valence-corrected chi connectivity index (χ3v) is 6.89. The third kappa shape index (κ3) is 6.93. The van der Waals surface area contributed by atoms with E-state index in [0.717, 1.165) is 5.56 Å². The smallest absolute Gasteiger partial charge is 0.319 e. The van der Waals surface area contributed by atoms with Crippen LogP contribution in [0.3, 0.4) is 0 Å². The van der Waals surface area contributed by atoms with E-state index >= 15 is 0 Å². The summed E-state index contributed by atoms with van der Waals surface area (Å²) in [5, 5.41) is 8.26. The molecule has 10 heteroatoms. The van der Waals surface area contributed by atoms with Crippen molar-refractivity contribution in [1.29, 1.82) is 0 Å². The van der Waals surface area contributed by atoms with Crippen LogP contribution in [-0.4, -0.2) is 50.9 Å². The maximum Gasteiger partial charge on any atom is 0.319 e. The molecule has 0 bridgehead atoms. The molecule has 9 nitrogen and oxygen atoms in total. The summed E-state index contributed by atoms with van der Waals surface area (Å²) in [5.74, 6) is -0.177. The second-order valence-corrected chi connectivity index (χ2v) is 9.52. The predicted octanol–water partition coefficient (Wildman–Crippen LogP) is 3.19. The van der Waals surface area contributed by atoms with Crippen LogP contribution in [0.4, 0.5) is 10.5 Å². The number of ether oxygens (including phenoxy) is 1. The van der Waals surface area contributed by atoms with Crippen molar-refractivity contribution < 1.29 is 22.7 Å². The van der Waals surface area contributed by atoms with Gasteiger partial charge in [-0.3, -0.25) is 4.79 Å². The highest BCUT2D eigenvalue weighted by atomic mass is 32.2. The monoisotopic (exact) mass is 476 g/mol. The number of carbonyl (C=O) groups excluding carboxylic acids is 2. The first-order chi connectivity index (χ1) is 15.6. The average Bonchev–Trinajstić information content (AvgIpc) is 2.78. The van der Waals surface area contributed by atoms with Gasteiger partial charge in [-0.05, 0) is 49.7 Å². The molecule has 3 N–H and O–H groups in total. The molecule has 2 aromatic rings.